The first-order valence-electron chi connectivity index (χ1n) is 18.4. The maximum Gasteiger partial charge on any atom is 0.481 e. The minimum absolute atomic E-state index is 0.00813. The number of nitrogens with zero attached hydrogens (tertiary/aromatic N) is 4. The number of halogens is 1. The maximum atomic E-state index is 16.0. The molecule has 0 aromatic carbocycles. The van der Waals surface area contributed by atoms with E-state index in [0.29, 0.717) is 32.1 Å². The Labute approximate surface area is 350 Å². The predicted octanol–water partition coefficient (Wildman–Crippen LogP) is 0.611. The molecule has 12 atom stereocenters. The van der Waals surface area contributed by atoms with Crippen LogP contribution >= 0.6 is 14.5 Å². The Bertz CT molecular complexity index is 1980. The van der Waals surface area contributed by atoms with E-state index in [0.717, 1.165) is 27.1 Å². The van der Waals surface area contributed by atoms with E-state index in [1.807, 2.05) is 0 Å². The Morgan fingerprint density at radius 3 is 2.15 bits per heavy atom. The second kappa shape index (κ2) is 22.0. The number of rotatable bonds is 22. The maximum absolute atomic E-state index is 16.0. The summed E-state index contributed by atoms with van der Waals surface area (Å²) in [6.07, 6.45) is -14.5. The van der Waals surface area contributed by atoms with Crippen LogP contribution in [-0.4, -0.2) is 143 Å². The molecule has 2 aliphatic rings. The number of hydrogen-bond donors (Lipinski definition) is 6. The molecule has 29 heteroatoms. The second-order valence-corrected chi connectivity index (χ2v) is 18.0. The number of hydrogen-bond acceptors (Lipinski definition) is 22. The number of aromatic nitrogens is 4. The highest BCUT2D eigenvalue weighted by Crippen LogP contribution is 2.62. The molecule has 2 saturated heterocycles. The number of unbranched alkanes of at least 4 members (excludes halogenated alkanes) is 4. The lowest BCUT2D eigenvalue weighted by molar-refractivity contribution is -0.296. The number of nitrogen functional groups attached to an aromatic ring is 1. The number of fused-ring (bicyclic) bond motifs is 1. The molecular weight excluding hydrogens is 887 g/mol. The molecule has 0 saturated carbocycles. The summed E-state index contributed by atoms with van der Waals surface area (Å²) < 4.78 is 77.3. The summed E-state index contributed by atoms with van der Waals surface area (Å²) in [7, 11) is -5.78. The molecule has 2 aromatic heterocycles. The Morgan fingerprint density at radius 1 is 0.902 bits per heavy atom. The lowest BCUT2D eigenvalue weighted by atomic mass is 9.95. The number of imidazole rings is 1. The first kappa shape index (κ1) is 49.8. The number of aliphatic hydroxyl groups excluding tert-OH is 2. The molecule has 0 aliphatic carbocycles. The number of anilines is 1. The van der Waals surface area contributed by atoms with E-state index in [-0.39, 0.29) is 29.8 Å². The molecule has 2 aliphatic heterocycles. The van der Waals surface area contributed by atoms with Crippen LogP contribution in [0.25, 0.3) is 11.2 Å². The number of phosphoric ester groups is 1. The summed E-state index contributed by atoms with van der Waals surface area (Å²) in [6, 6.07) is 0. The van der Waals surface area contributed by atoms with Gasteiger partial charge in [-0.05, 0) is 24.6 Å². The fourth-order valence-electron chi connectivity index (χ4n) is 6.22. The van der Waals surface area contributed by atoms with Crippen LogP contribution in [0.4, 0.5) is 10.2 Å². The van der Waals surface area contributed by atoms with E-state index in [4.69, 9.17) is 64.4 Å². The highest BCUT2D eigenvalue weighted by Gasteiger charge is 2.57. The molecule has 61 heavy (non-hydrogen) atoms. The summed E-state index contributed by atoms with van der Waals surface area (Å²) in [6.45, 7) is -4.19. The number of phosphoric acid groups is 1. The van der Waals surface area contributed by atoms with Crippen molar-refractivity contribution < 1.29 is 99.8 Å². The number of carboxylic acids is 1. The molecule has 0 radical (unpaired) electrons. The van der Waals surface area contributed by atoms with Crippen molar-refractivity contribution in [1.29, 1.82) is 0 Å². The molecule has 11 unspecified atom stereocenters. The van der Waals surface area contributed by atoms with Crippen LogP contribution in [0.3, 0.4) is 0 Å². The molecule has 342 valence electrons. The van der Waals surface area contributed by atoms with E-state index in [1.165, 1.54) is 10.9 Å². The van der Waals surface area contributed by atoms with E-state index >= 15 is 4.39 Å². The minimum atomic E-state index is -5.78. The summed E-state index contributed by atoms with van der Waals surface area (Å²) in [5.74, 6) is -5.08. The Balaban J connectivity index is 1.46. The molecule has 0 spiro atoms. The van der Waals surface area contributed by atoms with Crippen molar-refractivity contribution in [3.05, 3.63) is 12.7 Å². The van der Waals surface area contributed by atoms with Crippen molar-refractivity contribution in [2.24, 2.45) is 0 Å². The highest BCUT2D eigenvalue weighted by molar-refractivity contribution is 8.08. The number of nitrogens with two attached hydrogens (primary N) is 1. The zero-order valence-electron chi connectivity index (χ0n) is 32.7. The van der Waals surface area contributed by atoms with Crippen molar-refractivity contribution in [3.8, 4) is 0 Å². The minimum Gasteiger partial charge on any atom is -0.481 e. The van der Waals surface area contributed by atoms with Crippen LogP contribution in [0, 0.1) is 0 Å². The first-order chi connectivity index (χ1) is 28.6. The SMILES string of the molecule is CC(=O)OC1C(OP(=O)(O)OP(O)(=S)OCC2OC(n3cnc4c(N)ncnc43)C(O)C2O)OC([C@@H](F)COC(=O)CCCCCCCC(=O)O)C(OC(C)=O)C1OC(C)=O. The molecule has 2 fully saturated rings. The number of carbonyl (C=O) groups is 5. The van der Waals surface area contributed by atoms with Crippen LogP contribution in [0.15, 0.2) is 12.7 Å². The quantitative estimate of drug-likeness (QED) is 0.0408. The van der Waals surface area contributed by atoms with Gasteiger partial charge in [0.15, 0.2) is 42.2 Å². The van der Waals surface area contributed by atoms with Gasteiger partial charge in [-0.3, -0.25) is 33.1 Å². The standard InChI is InChI=1S/C32H46FN5O20P2S/c1-15(39)52-26-25(18(33)11-50-21(44)10-8-6-4-5-7-9-20(42)43)56-32(28(54-17(3)41)27(26)53-16(2)40)57-59(47,48)58-60(49,61)51-12-19-23(45)24(46)31(55-19)38-14-37-22-29(34)35-13-36-30(22)38/h13-14,18-19,23-28,31-32,45-46H,4-12H2,1-3H3,(H,42,43)(H,47,48)(H,49,61)(H2,34,35,36)/t18-,19?,23?,24?,25?,26?,27?,28?,31?,32?,60?/m0/s1. The van der Waals surface area contributed by atoms with Crippen molar-refractivity contribution in [1.82, 2.24) is 19.5 Å². The average molecular weight is 934 g/mol. The van der Waals surface area contributed by atoms with Crippen molar-refractivity contribution in [3.63, 3.8) is 0 Å². The Hall–Kier alpha value is -3.85. The summed E-state index contributed by atoms with van der Waals surface area (Å²) in [5.41, 5.74) is 6.09. The number of carbonyl (C=O) groups excluding carboxylic acids is 4. The zero-order valence-corrected chi connectivity index (χ0v) is 35.3. The lowest BCUT2D eigenvalue weighted by Crippen LogP contribution is -2.64. The normalized spacial score (nSPS) is 27.6. The van der Waals surface area contributed by atoms with Crippen molar-refractivity contribution in [2.75, 3.05) is 18.9 Å². The number of aliphatic carboxylic acids is 1. The Morgan fingerprint density at radius 2 is 1.51 bits per heavy atom. The highest BCUT2D eigenvalue weighted by atomic mass is 32.5. The van der Waals surface area contributed by atoms with E-state index in [9.17, 15) is 48.5 Å². The van der Waals surface area contributed by atoms with Gasteiger partial charge in [0.1, 0.15) is 42.9 Å². The third-order valence-corrected chi connectivity index (χ3v) is 12.3. The average Bonchev–Trinajstić information content (AvgIpc) is 3.70. The van der Waals surface area contributed by atoms with Gasteiger partial charge in [0, 0.05) is 33.6 Å². The topological polar surface area (TPSA) is 356 Å². The number of carboxylic acid groups (broad SMARTS) is 1. The van der Waals surface area contributed by atoms with Crippen LogP contribution in [0.1, 0.15) is 71.9 Å². The van der Waals surface area contributed by atoms with E-state index in [2.05, 4.69) is 15.0 Å². The molecule has 0 bridgehead atoms. The summed E-state index contributed by atoms with van der Waals surface area (Å²) >= 11 is 4.87. The fraction of sp³-hybridized carbons (Fsp3) is 0.688. The van der Waals surface area contributed by atoms with Gasteiger partial charge in [-0.15, -0.1) is 0 Å². The van der Waals surface area contributed by atoms with Crippen LogP contribution in [0.5, 0.6) is 0 Å². The zero-order chi connectivity index (χ0) is 45.2. The third kappa shape index (κ3) is 14.3. The monoisotopic (exact) mass is 933 g/mol. The van der Waals surface area contributed by atoms with Crippen molar-refractivity contribution in [2.45, 2.75) is 127 Å². The Kier molecular flexibility index (Phi) is 17.9. The molecule has 25 nitrogen and oxygen atoms in total. The predicted molar refractivity (Wildman–Crippen MR) is 201 cm³/mol. The van der Waals surface area contributed by atoms with Gasteiger partial charge >= 0.3 is 44.4 Å². The fourth-order valence-corrected chi connectivity index (χ4v) is 9.31. The van der Waals surface area contributed by atoms with Gasteiger partial charge in [-0.25, -0.2) is 28.2 Å². The molecule has 4 rings (SSSR count). The summed E-state index contributed by atoms with van der Waals surface area (Å²) in [4.78, 5) is 93.1. The van der Waals surface area contributed by atoms with Gasteiger partial charge in [0.25, 0.3) is 0 Å². The van der Waals surface area contributed by atoms with Gasteiger partial charge in [-0.1, -0.05) is 19.3 Å². The van der Waals surface area contributed by atoms with Gasteiger partial charge in [0.2, 0.25) is 6.29 Å². The van der Waals surface area contributed by atoms with Gasteiger partial charge < -0.3 is 63.8 Å². The van der Waals surface area contributed by atoms with Crippen LogP contribution in [0.2, 0.25) is 0 Å². The number of alkyl halides is 1. The van der Waals surface area contributed by atoms with Crippen molar-refractivity contribution >= 4 is 73.2 Å². The first-order valence-corrected chi connectivity index (χ1v) is 22.5. The smallest absolute Gasteiger partial charge is 0.481 e. The largest absolute Gasteiger partial charge is 0.481 e. The molecule has 2 aromatic rings. The molecular formula is C32H46FN5O20P2S. The molecule has 0 amide bonds. The third-order valence-electron chi connectivity index (χ3n) is 8.81. The molecule has 4 heterocycles. The number of esters is 4. The van der Waals surface area contributed by atoms with Gasteiger partial charge in [0.05, 0.1) is 12.9 Å². The lowest BCUT2D eigenvalue weighted by Gasteiger charge is -2.45. The van der Waals surface area contributed by atoms with Gasteiger partial charge in [-0.2, -0.15) is 0 Å². The molecule has 7 N–H and O–H groups in total. The summed E-state index contributed by atoms with van der Waals surface area (Å²) in [5, 5.41) is 30.1. The van der Waals surface area contributed by atoms with E-state index < -0.39 is 119 Å². The van der Waals surface area contributed by atoms with Crippen LogP contribution < -0.4 is 5.73 Å². The number of aliphatic hydroxyl groups is 2. The second-order valence-electron chi connectivity index (χ2n) is 13.6. The van der Waals surface area contributed by atoms with Crippen LogP contribution in [-0.2, 0) is 82.1 Å². The van der Waals surface area contributed by atoms with E-state index in [1.54, 1.807) is 0 Å². The number of ether oxygens (including phenoxy) is 6.